The van der Waals surface area contributed by atoms with Gasteiger partial charge in [0.25, 0.3) is 0 Å². The van der Waals surface area contributed by atoms with Gasteiger partial charge in [-0.1, -0.05) is 12.8 Å². The number of methoxy groups -OCH3 is 1. The van der Waals surface area contributed by atoms with Crippen LogP contribution in [0.2, 0.25) is 0 Å². The Labute approximate surface area is 80.2 Å². The number of hydrogen-bond donors (Lipinski definition) is 1. The van der Waals surface area contributed by atoms with Crippen molar-refractivity contribution in [1.82, 2.24) is 5.01 Å². The first kappa shape index (κ1) is 9.44. The zero-order valence-electron chi connectivity index (χ0n) is 8.46. The number of hydrogen-bond acceptors (Lipinski definition) is 3. The molecule has 3 heteroatoms. The molecular weight excluding hydrogens is 164 g/mol. The van der Waals surface area contributed by atoms with Crippen LogP contribution in [0.15, 0.2) is 0 Å². The van der Waals surface area contributed by atoms with Crippen LogP contribution in [0.25, 0.3) is 0 Å². The van der Waals surface area contributed by atoms with E-state index in [1.54, 1.807) is 7.11 Å². The van der Waals surface area contributed by atoms with E-state index in [2.05, 4.69) is 0 Å². The summed E-state index contributed by atoms with van der Waals surface area (Å²) in [5.41, 5.74) is 0.505. The lowest BCUT2D eigenvalue weighted by molar-refractivity contribution is 0.0968. The summed E-state index contributed by atoms with van der Waals surface area (Å²) in [5, 5.41) is 1.98. The van der Waals surface area contributed by atoms with Gasteiger partial charge in [0.2, 0.25) is 0 Å². The highest BCUT2D eigenvalue weighted by atomic mass is 16.5. The summed E-state index contributed by atoms with van der Waals surface area (Å²) in [6, 6.07) is 0. The highest BCUT2D eigenvalue weighted by molar-refractivity contribution is 4.97. The van der Waals surface area contributed by atoms with Crippen molar-refractivity contribution in [2.45, 2.75) is 25.7 Å². The Kier molecular flexibility index (Phi) is 2.58. The highest BCUT2D eigenvalue weighted by Gasteiger charge is 2.46. The molecule has 0 aromatic rings. The molecule has 0 aromatic carbocycles. The Balaban J connectivity index is 2.06. The minimum atomic E-state index is 0.505. The predicted molar refractivity (Wildman–Crippen MR) is 52.0 cm³/mol. The zero-order chi connectivity index (χ0) is 9.31. The Bertz CT molecular complexity index is 178. The van der Waals surface area contributed by atoms with Gasteiger partial charge in [0.05, 0.1) is 6.61 Å². The third kappa shape index (κ3) is 1.60. The summed E-state index contributed by atoms with van der Waals surface area (Å²) in [7, 11) is 1.79. The van der Waals surface area contributed by atoms with E-state index in [0.717, 1.165) is 19.7 Å². The van der Waals surface area contributed by atoms with Gasteiger partial charge in [-0.3, -0.25) is 5.84 Å². The second-order valence-corrected chi connectivity index (χ2v) is 4.65. The van der Waals surface area contributed by atoms with Gasteiger partial charge in [0, 0.05) is 26.1 Å². The van der Waals surface area contributed by atoms with Crippen molar-refractivity contribution < 1.29 is 4.74 Å². The Hall–Kier alpha value is -0.120. The summed E-state index contributed by atoms with van der Waals surface area (Å²) in [6.45, 7) is 2.99. The molecule has 0 radical (unpaired) electrons. The van der Waals surface area contributed by atoms with Gasteiger partial charge in [0.1, 0.15) is 0 Å². The van der Waals surface area contributed by atoms with Crippen molar-refractivity contribution >= 4 is 0 Å². The monoisotopic (exact) mass is 184 g/mol. The van der Waals surface area contributed by atoms with E-state index >= 15 is 0 Å². The minimum absolute atomic E-state index is 0.505. The summed E-state index contributed by atoms with van der Waals surface area (Å²) in [5.74, 6) is 6.56. The third-order valence-electron chi connectivity index (χ3n) is 3.81. The molecular formula is C10H20N2O. The highest BCUT2D eigenvalue weighted by Crippen LogP contribution is 2.48. The maximum atomic E-state index is 5.89. The first-order valence-corrected chi connectivity index (χ1v) is 5.25. The largest absolute Gasteiger partial charge is 0.384 e. The van der Waals surface area contributed by atoms with Crippen LogP contribution < -0.4 is 5.84 Å². The molecule has 2 aliphatic rings. The van der Waals surface area contributed by atoms with Crippen LogP contribution in [0.4, 0.5) is 0 Å². The van der Waals surface area contributed by atoms with E-state index in [-0.39, 0.29) is 0 Å². The van der Waals surface area contributed by atoms with E-state index in [1.165, 1.54) is 25.7 Å². The Morgan fingerprint density at radius 2 is 2.15 bits per heavy atom. The van der Waals surface area contributed by atoms with Crippen molar-refractivity contribution in [2.75, 3.05) is 26.8 Å². The number of nitrogens with zero attached hydrogens (tertiary/aromatic N) is 1. The first-order valence-electron chi connectivity index (χ1n) is 5.25. The van der Waals surface area contributed by atoms with Crippen LogP contribution in [0.1, 0.15) is 25.7 Å². The van der Waals surface area contributed by atoms with Gasteiger partial charge in [-0.05, 0) is 18.3 Å². The van der Waals surface area contributed by atoms with Crippen LogP contribution >= 0.6 is 0 Å². The summed E-state index contributed by atoms with van der Waals surface area (Å²) < 4.78 is 5.28. The lowest BCUT2D eigenvalue weighted by Crippen LogP contribution is -2.31. The molecule has 1 atom stereocenters. The predicted octanol–water partition coefficient (Wildman–Crippen LogP) is 0.999. The van der Waals surface area contributed by atoms with Crippen molar-refractivity contribution in [2.24, 2.45) is 17.2 Å². The van der Waals surface area contributed by atoms with Crippen LogP contribution in [-0.4, -0.2) is 31.8 Å². The lowest BCUT2D eigenvalue weighted by Gasteiger charge is -2.29. The van der Waals surface area contributed by atoms with Gasteiger partial charge in [-0.15, -0.1) is 0 Å². The molecule has 2 rings (SSSR count). The average Bonchev–Trinajstić information content (AvgIpc) is 2.63. The number of rotatable bonds is 2. The van der Waals surface area contributed by atoms with E-state index in [0.29, 0.717) is 11.3 Å². The first-order chi connectivity index (χ1) is 6.27. The van der Waals surface area contributed by atoms with E-state index in [1.807, 2.05) is 5.01 Å². The van der Waals surface area contributed by atoms with Crippen molar-refractivity contribution in [3.63, 3.8) is 0 Å². The molecule has 2 fully saturated rings. The van der Waals surface area contributed by atoms with Crippen LogP contribution in [0, 0.1) is 11.3 Å². The lowest BCUT2D eigenvalue weighted by atomic mass is 9.77. The molecule has 1 aliphatic carbocycles. The summed E-state index contributed by atoms with van der Waals surface area (Å²) in [4.78, 5) is 0. The summed E-state index contributed by atoms with van der Waals surface area (Å²) >= 11 is 0. The molecule has 3 nitrogen and oxygen atoms in total. The second kappa shape index (κ2) is 3.56. The molecule has 13 heavy (non-hydrogen) atoms. The molecule has 1 heterocycles. The van der Waals surface area contributed by atoms with Gasteiger partial charge < -0.3 is 4.74 Å². The normalized spacial score (nSPS) is 33.2. The van der Waals surface area contributed by atoms with Gasteiger partial charge >= 0.3 is 0 Å². The number of nitrogens with two attached hydrogens (primary N) is 1. The zero-order valence-corrected chi connectivity index (χ0v) is 8.46. The minimum Gasteiger partial charge on any atom is -0.384 e. The quantitative estimate of drug-likeness (QED) is 0.651. The van der Waals surface area contributed by atoms with Crippen LogP contribution in [0.5, 0.6) is 0 Å². The fraction of sp³-hybridized carbons (Fsp3) is 1.00. The smallest absolute Gasteiger partial charge is 0.0509 e. The van der Waals surface area contributed by atoms with Crippen LogP contribution in [0.3, 0.4) is 0 Å². The van der Waals surface area contributed by atoms with Gasteiger partial charge in [-0.25, -0.2) is 5.01 Å². The molecule has 1 saturated heterocycles. The SMILES string of the molecule is COC[C@H]1CN(N)CC12CCCC2. The van der Waals surface area contributed by atoms with Crippen molar-refractivity contribution in [3.05, 3.63) is 0 Å². The number of hydrazine groups is 1. The molecule has 1 aliphatic heterocycles. The van der Waals surface area contributed by atoms with E-state index in [4.69, 9.17) is 10.6 Å². The van der Waals surface area contributed by atoms with E-state index in [9.17, 15) is 0 Å². The van der Waals surface area contributed by atoms with Gasteiger partial charge in [-0.2, -0.15) is 0 Å². The van der Waals surface area contributed by atoms with Crippen molar-refractivity contribution in [1.29, 1.82) is 0 Å². The Morgan fingerprint density at radius 3 is 2.77 bits per heavy atom. The molecule has 1 saturated carbocycles. The van der Waals surface area contributed by atoms with E-state index < -0.39 is 0 Å². The number of ether oxygens (including phenoxy) is 1. The molecule has 76 valence electrons. The molecule has 1 spiro atoms. The fourth-order valence-electron chi connectivity index (χ4n) is 3.15. The average molecular weight is 184 g/mol. The van der Waals surface area contributed by atoms with Crippen LogP contribution in [-0.2, 0) is 4.74 Å². The molecule has 0 bridgehead atoms. The Morgan fingerprint density at radius 1 is 1.46 bits per heavy atom. The molecule has 0 amide bonds. The maximum absolute atomic E-state index is 5.89. The summed E-state index contributed by atoms with van der Waals surface area (Å²) in [6.07, 6.45) is 5.48. The molecule has 0 unspecified atom stereocenters. The van der Waals surface area contributed by atoms with Crippen molar-refractivity contribution in [3.8, 4) is 0 Å². The maximum Gasteiger partial charge on any atom is 0.0509 e. The topological polar surface area (TPSA) is 38.5 Å². The van der Waals surface area contributed by atoms with Gasteiger partial charge in [0.15, 0.2) is 0 Å². The standard InChI is InChI=1S/C10H20N2O/c1-13-7-9-6-12(11)8-10(9)4-2-3-5-10/h9H,2-8,11H2,1H3/t9-/m1/s1. The third-order valence-corrected chi connectivity index (χ3v) is 3.81. The molecule has 2 N–H and O–H groups in total. The second-order valence-electron chi connectivity index (χ2n) is 4.65. The molecule has 0 aromatic heterocycles. The fourth-order valence-corrected chi connectivity index (χ4v) is 3.15.